The summed E-state index contributed by atoms with van der Waals surface area (Å²) >= 11 is 0. The Bertz CT molecular complexity index is 442. The molecule has 0 saturated carbocycles. The van der Waals surface area contributed by atoms with Gasteiger partial charge in [-0.2, -0.15) is 0 Å². The molecule has 5 heteroatoms. The molecule has 0 radical (unpaired) electrons. The second kappa shape index (κ2) is 5.46. The van der Waals surface area contributed by atoms with Crippen molar-refractivity contribution in [2.75, 3.05) is 13.1 Å². The van der Waals surface area contributed by atoms with E-state index in [1.165, 1.54) is 6.07 Å². The van der Waals surface area contributed by atoms with Gasteiger partial charge in [0.15, 0.2) is 0 Å². The monoisotopic (exact) mass is 251 g/mol. The van der Waals surface area contributed by atoms with Gasteiger partial charge >= 0.3 is 0 Å². The zero-order chi connectivity index (χ0) is 13.1. The highest BCUT2D eigenvalue weighted by molar-refractivity contribution is 5.94. The molecule has 0 unspecified atom stereocenters. The Morgan fingerprint density at radius 1 is 1.44 bits per heavy atom. The number of aliphatic hydroxyl groups excluding tert-OH is 1. The van der Waals surface area contributed by atoms with Crippen LogP contribution in [-0.4, -0.2) is 35.0 Å². The molecule has 1 aromatic carbocycles. The number of benzene rings is 1. The average Bonchev–Trinajstić information content (AvgIpc) is 2.34. The number of rotatable bonds is 3. The number of nitrogens with one attached hydrogen (secondary N) is 1. The fourth-order valence-electron chi connectivity index (χ4n) is 2.16. The van der Waals surface area contributed by atoms with Gasteiger partial charge in [0.05, 0.1) is 6.10 Å². The number of hydrogen-bond acceptors (Lipinski definition) is 3. The lowest BCUT2D eigenvalue weighted by molar-refractivity contribution is 0.0787. The topological polar surface area (TPSA) is 73.3 Å². The summed E-state index contributed by atoms with van der Waals surface area (Å²) in [6, 6.07) is 4.65. The summed E-state index contributed by atoms with van der Waals surface area (Å²) in [7, 11) is 0. The van der Waals surface area contributed by atoms with E-state index in [1.54, 1.807) is 12.1 Å². The van der Waals surface area contributed by atoms with Crippen molar-refractivity contribution in [2.24, 2.45) is 5.73 Å². The second-order valence-corrected chi connectivity index (χ2v) is 4.73. The minimum absolute atomic E-state index is 0.124. The number of halogens is 1. The van der Waals surface area contributed by atoms with Gasteiger partial charge in [-0.15, -0.1) is 0 Å². The van der Waals surface area contributed by atoms with Crippen molar-refractivity contribution in [2.45, 2.75) is 25.5 Å². The second-order valence-electron chi connectivity index (χ2n) is 4.73. The first-order valence-corrected chi connectivity index (χ1v) is 6.09. The van der Waals surface area contributed by atoms with Crippen LogP contribution in [-0.2, 0) is 6.54 Å². The highest BCUT2D eigenvalue weighted by Gasteiger charge is 2.18. The molecule has 4 N–H and O–H groups in total. The first kappa shape index (κ1) is 13.0. The van der Waals surface area contributed by atoms with Crippen molar-refractivity contribution < 1.29 is 9.50 Å². The summed E-state index contributed by atoms with van der Waals surface area (Å²) in [5, 5.41) is 16.7. The van der Waals surface area contributed by atoms with Crippen LogP contribution in [0.4, 0.5) is 4.39 Å². The van der Waals surface area contributed by atoms with Crippen LogP contribution in [0, 0.1) is 11.2 Å². The molecule has 0 amide bonds. The third kappa shape index (κ3) is 3.05. The third-order valence-corrected chi connectivity index (χ3v) is 3.32. The van der Waals surface area contributed by atoms with Gasteiger partial charge in [-0.3, -0.25) is 10.3 Å². The zero-order valence-corrected chi connectivity index (χ0v) is 10.2. The van der Waals surface area contributed by atoms with Crippen LogP contribution < -0.4 is 5.73 Å². The largest absolute Gasteiger partial charge is 0.393 e. The van der Waals surface area contributed by atoms with Gasteiger partial charge in [0.25, 0.3) is 0 Å². The van der Waals surface area contributed by atoms with Crippen LogP contribution in [0.1, 0.15) is 24.0 Å². The smallest absolute Gasteiger partial charge is 0.128 e. The van der Waals surface area contributed by atoms with Crippen LogP contribution >= 0.6 is 0 Å². The Kier molecular flexibility index (Phi) is 3.93. The Morgan fingerprint density at radius 3 is 2.67 bits per heavy atom. The van der Waals surface area contributed by atoms with E-state index in [4.69, 9.17) is 11.1 Å². The molecule has 1 fully saturated rings. The molecule has 0 spiro atoms. The Balaban J connectivity index is 2.03. The molecule has 1 aromatic rings. The molecule has 0 bridgehead atoms. The number of hydrogen-bond donors (Lipinski definition) is 3. The van der Waals surface area contributed by atoms with E-state index < -0.39 is 0 Å². The summed E-state index contributed by atoms with van der Waals surface area (Å²) in [6.07, 6.45) is 1.27. The predicted molar refractivity (Wildman–Crippen MR) is 67.9 cm³/mol. The molecule has 0 aromatic heterocycles. The van der Waals surface area contributed by atoms with Gasteiger partial charge in [-0.1, -0.05) is 12.1 Å². The summed E-state index contributed by atoms with van der Waals surface area (Å²) < 4.78 is 13.8. The SMILES string of the molecule is N=C(N)c1ccc(CN2CCC(O)CC2)c(F)c1. The number of aliphatic hydroxyl groups is 1. The van der Waals surface area contributed by atoms with Crippen LogP contribution in [0.5, 0.6) is 0 Å². The summed E-state index contributed by atoms with van der Waals surface area (Å²) in [6.45, 7) is 2.11. The van der Waals surface area contributed by atoms with E-state index in [2.05, 4.69) is 4.90 Å². The van der Waals surface area contributed by atoms with E-state index in [9.17, 15) is 9.50 Å². The minimum atomic E-state index is -0.325. The van der Waals surface area contributed by atoms with Crippen molar-refractivity contribution >= 4 is 5.84 Å². The quantitative estimate of drug-likeness (QED) is 0.555. The van der Waals surface area contributed by atoms with Gasteiger partial charge in [0.1, 0.15) is 11.7 Å². The molecule has 0 aliphatic carbocycles. The standard InChI is InChI=1S/C13H18FN3O/c14-12-7-9(13(15)16)1-2-10(12)8-17-5-3-11(18)4-6-17/h1-2,7,11,18H,3-6,8H2,(H3,15,16). The van der Waals surface area contributed by atoms with Gasteiger partial charge in [-0.25, -0.2) is 4.39 Å². The number of likely N-dealkylation sites (tertiary alicyclic amines) is 1. The maximum atomic E-state index is 13.8. The molecule has 1 heterocycles. The van der Waals surface area contributed by atoms with Gasteiger partial charge < -0.3 is 10.8 Å². The van der Waals surface area contributed by atoms with Crippen molar-refractivity contribution in [3.8, 4) is 0 Å². The number of nitrogens with two attached hydrogens (primary N) is 1. The average molecular weight is 251 g/mol. The molecule has 2 rings (SSSR count). The molecular weight excluding hydrogens is 233 g/mol. The molecule has 1 aliphatic rings. The van der Waals surface area contributed by atoms with Crippen LogP contribution in [0.2, 0.25) is 0 Å². The number of piperidine rings is 1. The van der Waals surface area contributed by atoms with E-state index in [1.807, 2.05) is 0 Å². The summed E-state index contributed by atoms with van der Waals surface area (Å²) in [5.41, 5.74) is 6.33. The van der Waals surface area contributed by atoms with Gasteiger partial charge in [0, 0.05) is 30.8 Å². The zero-order valence-electron chi connectivity index (χ0n) is 10.2. The van der Waals surface area contributed by atoms with Gasteiger partial charge in [0.2, 0.25) is 0 Å². The molecular formula is C13H18FN3O. The number of nitrogen functional groups attached to an aromatic ring is 1. The van der Waals surface area contributed by atoms with E-state index in [0.29, 0.717) is 17.7 Å². The molecule has 0 atom stereocenters. The molecule has 1 aliphatic heterocycles. The van der Waals surface area contributed by atoms with Gasteiger partial charge in [-0.05, 0) is 18.9 Å². The highest BCUT2D eigenvalue weighted by Crippen LogP contribution is 2.16. The van der Waals surface area contributed by atoms with Crippen LogP contribution in [0.3, 0.4) is 0 Å². The van der Waals surface area contributed by atoms with Crippen molar-refractivity contribution in [1.29, 1.82) is 5.41 Å². The highest BCUT2D eigenvalue weighted by atomic mass is 19.1. The maximum absolute atomic E-state index is 13.8. The lowest BCUT2D eigenvalue weighted by Crippen LogP contribution is -2.35. The van der Waals surface area contributed by atoms with E-state index in [0.717, 1.165) is 25.9 Å². The molecule has 18 heavy (non-hydrogen) atoms. The molecule has 4 nitrogen and oxygen atoms in total. The lowest BCUT2D eigenvalue weighted by atomic mass is 10.1. The minimum Gasteiger partial charge on any atom is -0.393 e. The fraction of sp³-hybridized carbons (Fsp3) is 0.462. The van der Waals surface area contributed by atoms with Crippen molar-refractivity contribution in [3.05, 3.63) is 35.1 Å². The summed E-state index contributed by atoms with van der Waals surface area (Å²) in [4.78, 5) is 2.12. The predicted octanol–water partition coefficient (Wildman–Crippen LogP) is 1.07. The van der Waals surface area contributed by atoms with Crippen molar-refractivity contribution in [1.82, 2.24) is 4.90 Å². The Hall–Kier alpha value is -1.46. The molecule has 1 saturated heterocycles. The summed E-state index contributed by atoms with van der Waals surface area (Å²) in [5.74, 6) is -0.449. The van der Waals surface area contributed by atoms with E-state index in [-0.39, 0.29) is 17.8 Å². The lowest BCUT2D eigenvalue weighted by Gasteiger charge is -2.29. The van der Waals surface area contributed by atoms with E-state index >= 15 is 0 Å². The van der Waals surface area contributed by atoms with Crippen LogP contribution in [0.15, 0.2) is 18.2 Å². The first-order chi connectivity index (χ1) is 8.56. The van der Waals surface area contributed by atoms with Crippen LogP contribution in [0.25, 0.3) is 0 Å². The molecule has 98 valence electrons. The Morgan fingerprint density at radius 2 is 2.11 bits per heavy atom. The number of nitrogens with zero attached hydrogens (tertiary/aromatic N) is 1. The third-order valence-electron chi connectivity index (χ3n) is 3.32. The van der Waals surface area contributed by atoms with Crippen molar-refractivity contribution in [3.63, 3.8) is 0 Å². The number of amidine groups is 1. The maximum Gasteiger partial charge on any atom is 0.128 e. The first-order valence-electron chi connectivity index (χ1n) is 6.09. The normalized spacial score (nSPS) is 17.9. The Labute approximate surface area is 106 Å². The fourth-order valence-corrected chi connectivity index (χ4v) is 2.16.